The molecule has 0 saturated carbocycles. The number of hydrogen-bond donors (Lipinski definition) is 1. The summed E-state index contributed by atoms with van der Waals surface area (Å²) in [7, 11) is -2.38. The van der Waals surface area contributed by atoms with E-state index >= 15 is 0 Å². The van der Waals surface area contributed by atoms with Crippen LogP contribution in [0.2, 0.25) is 0 Å². The molecule has 0 fully saturated rings. The number of methoxy groups -OCH3 is 1. The number of benzene rings is 4. The van der Waals surface area contributed by atoms with E-state index in [9.17, 15) is 13.7 Å². The molecule has 0 spiro atoms. The van der Waals surface area contributed by atoms with Crippen LogP contribution >= 0.6 is 0 Å². The standard InChI is InChI=1S/C27H21N3O3S/c1-17-7-13-20(14-8-17)34(31,32)30-24-6-4-3-5-21(24)26-25(30)15-22(23(16-28)27(26)29)18-9-11-19(33-2)12-10-18/h3-15H,29H2,1-2H3. The summed E-state index contributed by atoms with van der Waals surface area (Å²) in [6.07, 6.45) is 0. The molecular formula is C27H21N3O3S. The summed E-state index contributed by atoms with van der Waals surface area (Å²) in [6, 6.07) is 25.1. The van der Waals surface area contributed by atoms with Crippen LogP contribution in [0.3, 0.4) is 0 Å². The maximum absolute atomic E-state index is 13.9. The highest BCUT2D eigenvalue weighted by molar-refractivity contribution is 7.90. The van der Waals surface area contributed by atoms with Gasteiger partial charge in [-0.05, 0) is 48.9 Å². The number of anilines is 1. The summed E-state index contributed by atoms with van der Waals surface area (Å²) >= 11 is 0. The number of para-hydroxylation sites is 1. The van der Waals surface area contributed by atoms with Gasteiger partial charge in [-0.15, -0.1) is 0 Å². The lowest BCUT2D eigenvalue weighted by Crippen LogP contribution is -2.13. The minimum Gasteiger partial charge on any atom is -0.497 e. The van der Waals surface area contributed by atoms with Gasteiger partial charge in [0.1, 0.15) is 11.8 Å². The van der Waals surface area contributed by atoms with E-state index in [2.05, 4.69) is 6.07 Å². The van der Waals surface area contributed by atoms with Gasteiger partial charge in [0.05, 0.1) is 34.3 Å². The maximum atomic E-state index is 13.9. The molecular weight excluding hydrogens is 446 g/mol. The van der Waals surface area contributed by atoms with Crippen LogP contribution in [0.15, 0.2) is 83.8 Å². The van der Waals surface area contributed by atoms with Crippen molar-refractivity contribution in [2.75, 3.05) is 12.8 Å². The Bertz CT molecular complexity index is 1710. The molecule has 6 nitrogen and oxygen atoms in total. The van der Waals surface area contributed by atoms with Gasteiger partial charge >= 0.3 is 0 Å². The Morgan fingerprint density at radius 1 is 0.941 bits per heavy atom. The van der Waals surface area contributed by atoms with E-state index in [4.69, 9.17) is 10.5 Å². The van der Waals surface area contributed by atoms with Crippen LogP contribution in [0.25, 0.3) is 32.9 Å². The van der Waals surface area contributed by atoms with E-state index in [1.54, 1.807) is 61.7 Å². The Hall–Kier alpha value is -4.28. The molecule has 2 N–H and O–H groups in total. The third kappa shape index (κ3) is 3.19. The Morgan fingerprint density at radius 2 is 1.62 bits per heavy atom. The van der Waals surface area contributed by atoms with Crippen molar-refractivity contribution in [1.29, 1.82) is 5.26 Å². The molecule has 168 valence electrons. The minimum atomic E-state index is -3.95. The van der Waals surface area contributed by atoms with Gasteiger partial charge in [-0.2, -0.15) is 5.26 Å². The molecule has 0 bridgehead atoms. The molecule has 7 heteroatoms. The highest BCUT2D eigenvalue weighted by atomic mass is 32.2. The van der Waals surface area contributed by atoms with E-state index < -0.39 is 10.0 Å². The highest BCUT2D eigenvalue weighted by Gasteiger charge is 2.26. The average molecular weight is 468 g/mol. The van der Waals surface area contributed by atoms with Crippen molar-refractivity contribution in [3.63, 3.8) is 0 Å². The minimum absolute atomic E-state index is 0.176. The first-order valence-corrected chi connectivity index (χ1v) is 12.0. The zero-order chi connectivity index (χ0) is 24.0. The zero-order valence-corrected chi connectivity index (χ0v) is 19.4. The van der Waals surface area contributed by atoms with Gasteiger partial charge in [0.2, 0.25) is 0 Å². The number of nitrogens with zero attached hydrogens (tertiary/aromatic N) is 2. The first-order valence-electron chi connectivity index (χ1n) is 10.6. The molecule has 0 aliphatic carbocycles. The molecule has 0 saturated heterocycles. The van der Waals surface area contributed by atoms with Crippen molar-refractivity contribution in [2.45, 2.75) is 11.8 Å². The second kappa shape index (κ2) is 7.94. The number of nitrogens with two attached hydrogens (primary N) is 1. The number of nitriles is 1. The normalized spacial score (nSPS) is 11.6. The fourth-order valence-electron chi connectivity index (χ4n) is 4.32. The van der Waals surface area contributed by atoms with Crippen molar-refractivity contribution in [1.82, 2.24) is 3.97 Å². The molecule has 34 heavy (non-hydrogen) atoms. The number of fused-ring (bicyclic) bond motifs is 3. The second-order valence-electron chi connectivity index (χ2n) is 8.05. The van der Waals surface area contributed by atoms with Gasteiger partial charge in [0.15, 0.2) is 0 Å². The lowest BCUT2D eigenvalue weighted by molar-refractivity contribution is 0.415. The van der Waals surface area contributed by atoms with Crippen LogP contribution in [-0.2, 0) is 10.0 Å². The lowest BCUT2D eigenvalue weighted by atomic mass is 9.96. The predicted octanol–water partition coefficient (Wildman–Crippen LogP) is 5.47. The van der Waals surface area contributed by atoms with Crippen LogP contribution in [0.5, 0.6) is 5.75 Å². The maximum Gasteiger partial charge on any atom is 0.268 e. The van der Waals surface area contributed by atoms with Crippen LogP contribution in [0.1, 0.15) is 11.1 Å². The number of aromatic nitrogens is 1. The molecule has 1 heterocycles. The molecule has 4 aromatic carbocycles. The summed E-state index contributed by atoms with van der Waals surface area (Å²) in [5.74, 6) is 0.673. The number of nitrogen functional groups attached to an aromatic ring is 1. The fourth-order valence-corrected chi connectivity index (χ4v) is 5.83. The average Bonchev–Trinajstić information content (AvgIpc) is 3.19. The van der Waals surface area contributed by atoms with Gasteiger partial charge in [-0.3, -0.25) is 0 Å². The van der Waals surface area contributed by atoms with E-state index in [0.717, 1.165) is 11.1 Å². The van der Waals surface area contributed by atoms with E-state index in [1.165, 1.54) is 3.97 Å². The van der Waals surface area contributed by atoms with Gasteiger partial charge in [-0.1, -0.05) is 48.0 Å². The van der Waals surface area contributed by atoms with Crippen molar-refractivity contribution < 1.29 is 13.2 Å². The zero-order valence-electron chi connectivity index (χ0n) is 18.6. The molecule has 0 atom stereocenters. The molecule has 0 radical (unpaired) electrons. The third-order valence-corrected chi connectivity index (χ3v) is 7.77. The largest absolute Gasteiger partial charge is 0.497 e. The topological polar surface area (TPSA) is 98.1 Å². The van der Waals surface area contributed by atoms with Crippen molar-refractivity contribution in [2.24, 2.45) is 0 Å². The molecule has 5 aromatic rings. The molecule has 0 amide bonds. The van der Waals surface area contributed by atoms with E-state index in [0.29, 0.717) is 38.7 Å². The number of aryl methyl sites for hydroxylation is 1. The number of ether oxygens (including phenoxy) is 1. The summed E-state index contributed by atoms with van der Waals surface area (Å²) in [5, 5.41) is 11.2. The van der Waals surface area contributed by atoms with Gasteiger partial charge in [0.25, 0.3) is 10.0 Å². The highest BCUT2D eigenvalue weighted by Crippen LogP contribution is 2.41. The smallest absolute Gasteiger partial charge is 0.268 e. The molecule has 0 aliphatic rings. The summed E-state index contributed by atoms with van der Waals surface area (Å²) < 4.78 is 34.3. The monoisotopic (exact) mass is 467 g/mol. The Morgan fingerprint density at radius 3 is 2.26 bits per heavy atom. The van der Waals surface area contributed by atoms with Crippen LogP contribution in [0.4, 0.5) is 5.69 Å². The first-order chi connectivity index (χ1) is 16.4. The molecule has 1 aromatic heterocycles. The molecule has 0 aliphatic heterocycles. The van der Waals surface area contributed by atoms with E-state index in [1.807, 2.05) is 31.2 Å². The van der Waals surface area contributed by atoms with Gasteiger partial charge in [0, 0.05) is 16.3 Å². The predicted molar refractivity (Wildman–Crippen MR) is 134 cm³/mol. The van der Waals surface area contributed by atoms with Crippen molar-refractivity contribution in [3.8, 4) is 22.9 Å². The van der Waals surface area contributed by atoms with Crippen molar-refractivity contribution >= 4 is 37.5 Å². The first kappa shape index (κ1) is 21.6. The summed E-state index contributed by atoms with van der Waals surface area (Å²) in [6.45, 7) is 1.90. The van der Waals surface area contributed by atoms with Crippen molar-refractivity contribution in [3.05, 3.63) is 90.0 Å². The van der Waals surface area contributed by atoms with Gasteiger partial charge in [-0.25, -0.2) is 12.4 Å². The number of hydrogen-bond acceptors (Lipinski definition) is 5. The Kier molecular flexibility index (Phi) is 5.03. The Balaban J connectivity index is 1.91. The summed E-state index contributed by atoms with van der Waals surface area (Å²) in [4.78, 5) is 0.176. The Labute approximate surface area is 197 Å². The summed E-state index contributed by atoms with van der Waals surface area (Å²) in [5.41, 5.74) is 10.3. The third-order valence-electron chi connectivity index (χ3n) is 6.03. The van der Waals surface area contributed by atoms with Crippen LogP contribution in [0, 0.1) is 18.3 Å². The molecule has 5 rings (SSSR count). The SMILES string of the molecule is COc1ccc(-c2cc3c(c(N)c2C#N)c2ccccc2n3S(=O)(=O)c2ccc(C)cc2)cc1. The molecule has 0 unspecified atom stereocenters. The fraction of sp³-hybridized carbons (Fsp3) is 0.0741. The van der Waals surface area contributed by atoms with Crippen LogP contribution in [-0.4, -0.2) is 19.5 Å². The van der Waals surface area contributed by atoms with E-state index in [-0.39, 0.29) is 10.6 Å². The van der Waals surface area contributed by atoms with Crippen LogP contribution < -0.4 is 10.5 Å². The van der Waals surface area contributed by atoms with Gasteiger partial charge < -0.3 is 10.5 Å². The number of rotatable bonds is 4. The quantitative estimate of drug-likeness (QED) is 0.354. The second-order valence-corrected chi connectivity index (χ2v) is 9.83. The lowest BCUT2D eigenvalue weighted by Gasteiger charge is -2.13.